The molecule has 3 N–H and O–H groups in total. The molecule has 0 fully saturated rings. The third kappa shape index (κ3) is 7.34. The van der Waals surface area contributed by atoms with Crippen molar-refractivity contribution in [2.45, 2.75) is 20.0 Å². The van der Waals surface area contributed by atoms with Crippen LogP contribution in [0, 0.1) is 0 Å². The molecule has 9 heteroatoms. The van der Waals surface area contributed by atoms with Gasteiger partial charge in [0, 0.05) is 5.56 Å². The number of hydrogen-bond acceptors (Lipinski definition) is 6. The summed E-state index contributed by atoms with van der Waals surface area (Å²) in [6.45, 7) is 3.21. The number of nitrogens with one attached hydrogen (secondary N) is 3. The molecule has 0 bridgehead atoms. The van der Waals surface area contributed by atoms with Crippen LogP contribution in [0.25, 0.3) is 0 Å². The summed E-state index contributed by atoms with van der Waals surface area (Å²) in [6.07, 6.45) is -0.0498. The van der Waals surface area contributed by atoms with Gasteiger partial charge in [0.1, 0.15) is 5.75 Å². The van der Waals surface area contributed by atoms with Gasteiger partial charge in [0.05, 0.1) is 19.8 Å². The van der Waals surface area contributed by atoms with E-state index in [0.29, 0.717) is 17.2 Å². The summed E-state index contributed by atoms with van der Waals surface area (Å²) >= 11 is 0. The van der Waals surface area contributed by atoms with Crippen LogP contribution < -0.4 is 30.4 Å². The Labute approximate surface area is 174 Å². The van der Waals surface area contributed by atoms with Gasteiger partial charge in [0.15, 0.2) is 18.1 Å². The largest absolute Gasteiger partial charge is 0.493 e. The minimum Gasteiger partial charge on any atom is -0.493 e. The van der Waals surface area contributed by atoms with Crippen molar-refractivity contribution in [3.8, 4) is 17.2 Å². The van der Waals surface area contributed by atoms with Crippen LogP contribution in [0.4, 0.5) is 0 Å². The van der Waals surface area contributed by atoms with Gasteiger partial charge in [-0.3, -0.25) is 25.2 Å². The van der Waals surface area contributed by atoms with Gasteiger partial charge < -0.3 is 19.5 Å². The van der Waals surface area contributed by atoms with Gasteiger partial charge in [-0.1, -0.05) is 18.2 Å². The van der Waals surface area contributed by atoms with Crippen LogP contribution in [0.5, 0.6) is 17.2 Å². The van der Waals surface area contributed by atoms with E-state index in [9.17, 15) is 14.4 Å². The monoisotopic (exact) mass is 415 g/mol. The van der Waals surface area contributed by atoms with Crippen LogP contribution in [-0.4, -0.2) is 44.1 Å². The number of rotatable bonds is 9. The highest BCUT2D eigenvalue weighted by molar-refractivity contribution is 5.96. The number of hydrazine groups is 1. The normalized spacial score (nSPS) is 10.1. The Kier molecular flexibility index (Phi) is 8.49. The van der Waals surface area contributed by atoms with E-state index in [0.717, 1.165) is 0 Å². The van der Waals surface area contributed by atoms with Crippen molar-refractivity contribution < 1.29 is 28.6 Å². The lowest BCUT2D eigenvalue weighted by Crippen LogP contribution is -2.46. The molecule has 0 aliphatic carbocycles. The number of hydrogen-bond donors (Lipinski definition) is 3. The second-order valence-corrected chi connectivity index (χ2v) is 6.41. The number of benzene rings is 2. The number of methoxy groups -OCH3 is 1. The predicted octanol–water partition coefficient (Wildman–Crippen LogP) is 1.44. The SMILES string of the molecule is COc1cc(C(=O)NNC(=O)CNC(=O)COc2ccccc2)ccc1OC(C)C. The van der Waals surface area contributed by atoms with Gasteiger partial charge in [-0.05, 0) is 44.2 Å². The van der Waals surface area contributed by atoms with E-state index in [1.54, 1.807) is 36.4 Å². The highest BCUT2D eigenvalue weighted by Crippen LogP contribution is 2.28. The number of carbonyl (C=O) groups excluding carboxylic acids is 3. The lowest BCUT2D eigenvalue weighted by atomic mass is 10.2. The van der Waals surface area contributed by atoms with E-state index in [1.807, 2.05) is 19.9 Å². The minimum absolute atomic E-state index is 0.0498. The van der Waals surface area contributed by atoms with E-state index in [2.05, 4.69) is 16.2 Å². The van der Waals surface area contributed by atoms with Crippen molar-refractivity contribution in [3.63, 3.8) is 0 Å². The lowest BCUT2D eigenvalue weighted by molar-refractivity contribution is -0.127. The lowest BCUT2D eigenvalue weighted by Gasteiger charge is -2.14. The highest BCUT2D eigenvalue weighted by atomic mass is 16.5. The molecule has 0 radical (unpaired) electrons. The first-order chi connectivity index (χ1) is 14.4. The van der Waals surface area contributed by atoms with Crippen LogP contribution in [0.2, 0.25) is 0 Å². The molecule has 3 amide bonds. The van der Waals surface area contributed by atoms with Crippen LogP contribution >= 0.6 is 0 Å². The molecule has 9 nitrogen and oxygen atoms in total. The molecule has 0 aliphatic heterocycles. The number of ether oxygens (including phenoxy) is 3. The zero-order valence-electron chi connectivity index (χ0n) is 17.1. The average Bonchev–Trinajstić information content (AvgIpc) is 2.75. The fourth-order valence-corrected chi connectivity index (χ4v) is 2.30. The second-order valence-electron chi connectivity index (χ2n) is 6.41. The Balaban J connectivity index is 1.76. The molecule has 2 rings (SSSR count). The number of amides is 3. The summed E-state index contributed by atoms with van der Waals surface area (Å²) in [6, 6.07) is 13.5. The fourth-order valence-electron chi connectivity index (χ4n) is 2.30. The molecule has 0 heterocycles. The zero-order valence-corrected chi connectivity index (χ0v) is 17.1. The summed E-state index contributed by atoms with van der Waals surface area (Å²) < 4.78 is 16.1. The van der Waals surface area contributed by atoms with E-state index in [4.69, 9.17) is 14.2 Å². The van der Waals surface area contributed by atoms with Gasteiger partial charge in [-0.25, -0.2) is 0 Å². The number of para-hydroxylation sites is 1. The third-order valence-electron chi connectivity index (χ3n) is 3.66. The minimum atomic E-state index is -0.594. The fraction of sp³-hybridized carbons (Fsp3) is 0.286. The summed E-state index contributed by atoms with van der Waals surface area (Å²) in [7, 11) is 1.47. The van der Waals surface area contributed by atoms with Gasteiger partial charge in [-0.15, -0.1) is 0 Å². The molecule has 0 aliphatic rings. The summed E-state index contributed by atoms with van der Waals surface area (Å²) in [5.41, 5.74) is 4.77. The molecule has 0 atom stereocenters. The molecule has 2 aromatic carbocycles. The third-order valence-corrected chi connectivity index (χ3v) is 3.66. The summed E-state index contributed by atoms with van der Waals surface area (Å²) in [5.74, 6) is -0.156. The predicted molar refractivity (Wildman–Crippen MR) is 109 cm³/mol. The van der Waals surface area contributed by atoms with Gasteiger partial charge in [0.2, 0.25) is 0 Å². The second kappa shape index (κ2) is 11.3. The van der Waals surface area contributed by atoms with E-state index < -0.39 is 17.7 Å². The smallest absolute Gasteiger partial charge is 0.269 e. The quantitative estimate of drug-likeness (QED) is 0.534. The van der Waals surface area contributed by atoms with Gasteiger partial charge in [0.25, 0.3) is 17.7 Å². The first-order valence-electron chi connectivity index (χ1n) is 9.27. The van der Waals surface area contributed by atoms with Crippen LogP contribution in [0.3, 0.4) is 0 Å². The topological polar surface area (TPSA) is 115 Å². The van der Waals surface area contributed by atoms with Crippen molar-refractivity contribution in [1.82, 2.24) is 16.2 Å². The Morgan fingerprint density at radius 2 is 1.67 bits per heavy atom. The first-order valence-corrected chi connectivity index (χ1v) is 9.27. The molecular formula is C21H25N3O6. The first kappa shape index (κ1) is 22.5. The molecule has 30 heavy (non-hydrogen) atoms. The van der Waals surface area contributed by atoms with Gasteiger partial charge in [-0.2, -0.15) is 0 Å². The van der Waals surface area contributed by atoms with Crippen molar-refractivity contribution in [2.75, 3.05) is 20.3 Å². The van der Waals surface area contributed by atoms with Crippen LogP contribution in [0.15, 0.2) is 48.5 Å². The van der Waals surface area contributed by atoms with E-state index >= 15 is 0 Å². The molecule has 0 saturated heterocycles. The molecule has 160 valence electrons. The summed E-state index contributed by atoms with van der Waals surface area (Å²) in [4.78, 5) is 35.8. The Bertz CT molecular complexity index is 870. The van der Waals surface area contributed by atoms with Crippen molar-refractivity contribution in [2.24, 2.45) is 0 Å². The summed E-state index contributed by atoms with van der Waals surface area (Å²) in [5, 5.41) is 2.40. The van der Waals surface area contributed by atoms with Crippen molar-refractivity contribution in [3.05, 3.63) is 54.1 Å². The Morgan fingerprint density at radius 1 is 0.933 bits per heavy atom. The van der Waals surface area contributed by atoms with Crippen LogP contribution in [-0.2, 0) is 9.59 Å². The molecule has 0 unspecified atom stereocenters. The molecular weight excluding hydrogens is 390 g/mol. The molecule has 2 aromatic rings. The Hall–Kier alpha value is -3.75. The molecule has 0 saturated carbocycles. The van der Waals surface area contributed by atoms with Crippen LogP contribution in [0.1, 0.15) is 24.2 Å². The van der Waals surface area contributed by atoms with E-state index in [1.165, 1.54) is 13.2 Å². The van der Waals surface area contributed by atoms with E-state index in [-0.39, 0.29) is 24.8 Å². The molecule has 0 spiro atoms. The zero-order chi connectivity index (χ0) is 21.9. The standard InChI is InChI=1S/C21H25N3O6/c1-14(2)30-17-10-9-15(11-18(17)28-3)21(27)24-23-19(25)12-22-20(26)13-29-16-7-5-4-6-8-16/h4-11,14H,12-13H2,1-3H3,(H,22,26)(H,23,25)(H,24,27). The van der Waals surface area contributed by atoms with Crippen molar-refractivity contribution >= 4 is 17.7 Å². The van der Waals surface area contributed by atoms with Crippen molar-refractivity contribution in [1.29, 1.82) is 0 Å². The maximum absolute atomic E-state index is 12.2. The maximum Gasteiger partial charge on any atom is 0.269 e. The highest BCUT2D eigenvalue weighted by Gasteiger charge is 2.13. The van der Waals surface area contributed by atoms with Gasteiger partial charge >= 0.3 is 0 Å². The Morgan fingerprint density at radius 3 is 2.33 bits per heavy atom. The number of carbonyl (C=O) groups is 3. The maximum atomic E-state index is 12.2. The molecule has 0 aromatic heterocycles. The average molecular weight is 415 g/mol.